The van der Waals surface area contributed by atoms with Crippen molar-refractivity contribution < 1.29 is 0 Å². The molecule has 2 rings (SSSR count). The zero-order chi connectivity index (χ0) is 15.4. The van der Waals surface area contributed by atoms with Gasteiger partial charge in [0.25, 0.3) is 0 Å². The maximum atomic E-state index is 5.80. The van der Waals surface area contributed by atoms with Crippen molar-refractivity contribution in [2.75, 3.05) is 5.32 Å². The lowest BCUT2D eigenvalue weighted by Gasteiger charge is -2.10. The quantitative estimate of drug-likeness (QED) is 0.803. The Bertz CT molecular complexity index is 628. The van der Waals surface area contributed by atoms with Crippen LogP contribution in [-0.2, 0) is 13.5 Å². The highest BCUT2D eigenvalue weighted by Gasteiger charge is 2.15. The first-order chi connectivity index (χ1) is 10.0. The molecule has 1 aromatic carbocycles. The van der Waals surface area contributed by atoms with Crippen LogP contribution in [0.4, 0.5) is 11.5 Å². The number of thiocarbonyl (C=S) groups is 1. The Labute approximate surface area is 131 Å². The largest absolute Gasteiger partial charge is 0.389 e. The third kappa shape index (κ3) is 3.61. The minimum atomic E-state index is 0.364. The third-order valence-electron chi connectivity index (χ3n) is 3.50. The Morgan fingerprint density at radius 2 is 2.00 bits per heavy atom. The van der Waals surface area contributed by atoms with Gasteiger partial charge in [0.2, 0.25) is 0 Å². The summed E-state index contributed by atoms with van der Waals surface area (Å²) in [5.74, 6) is 0.835. The van der Waals surface area contributed by atoms with Crippen LogP contribution in [-0.4, -0.2) is 14.8 Å². The van der Waals surface area contributed by atoms with Crippen LogP contribution in [0.15, 0.2) is 24.3 Å². The number of unbranched alkanes of at least 4 members (excludes halogenated alkanes) is 1. The number of hydrogen-bond donors (Lipinski definition) is 2. The van der Waals surface area contributed by atoms with Gasteiger partial charge in [0, 0.05) is 12.7 Å². The lowest BCUT2D eigenvalue weighted by atomic mass is 10.1. The normalized spacial score (nSPS) is 10.6. The van der Waals surface area contributed by atoms with Crippen molar-refractivity contribution in [3.8, 4) is 0 Å². The number of nitrogens with two attached hydrogens (primary N) is 1. The summed E-state index contributed by atoms with van der Waals surface area (Å²) >= 11 is 5.12. The fourth-order valence-corrected chi connectivity index (χ4v) is 2.61. The van der Waals surface area contributed by atoms with Crippen LogP contribution < -0.4 is 11.1 Å². The van der Waals surface area contributed by atoms with Crippen molar-refractivity contribution in [3.05, 3.63) is 41.1 Å². The van der Waals surface area contributed by atoms with E-state index in [1.165, 1.54) is 18.4 Å². The highest BCUT2D eigenvalue weighted by molar-refractivity contribution is 7.80. The van der Waals surface area contributed by atoms with Gasteiger partial charge >= 0.3 is 0 Å². The minimum Gasteiger partial charge on any atom is -0.389 e. The predicted octanol–water partition coefficient (Wildman–Crippen LogP) is 3.45. The number of nitrogens with one attached hydrogen (secondary N) is 1. The molecule has 0 bridgehead atoms. The molecule has 3 N–H and O–H groups in total. The van der Waals surface area contributed by atoms with Crippen molar-refractivity contribution in [2.45, 2.75) is 33.1 Å². The van der Waals surface area contributed by atoms with Gasteiger partial charge in [-0.05, 0) is 37.5 Å². The molecule has 0 radical (unpaired) electrons. The standard InChI is InChI=1S/C16H22N4S/c1-4-5-6-12-7-9-13(10-8-12)18-16-14(15(17)21)11(2)19-20(16)3/h7-10,18H,4-6H2,1-3H3,(H2,17,21). The molecule has 0 spiro atoms. The molecule has 5 heteroatoms. The summed E-state index contributed by atoms with van der Waals surface area (Å²) in [6, 6.07) is 8.47. The Balaban J connectivity index is 2.20. The Morgan fingerprint density at radius 1 is 1.33 bits per heavy atom. The Hall–Kier alpha value is -1.88. The maximum absolute atomic E-state index is 5.80. The van der Waals surface area contributed by atoms with Crippen molar-refractivity contribution in [2.24, 2.45) is 12.8 Å². The molecule has 0 aliphatic carbocycles. The first-order valence-corrected chi connectivity index (χ1v) is 7.63. The fraction of sp³-hybridized carbons (Fsp3) is 0.375. The van der Waals surface area contributed by atoms with Crippen molar-refractivity contribution in [3.63, 3.8) is 0 Å². The summed E-state index contributed by atoms with van der Waals surface area (Å²) in [4.78, 5) is 0.364. The van der Waals surface area contributed by atoms with Gasteiger partial charge in [-0.15, -0.1) is 0 Å². The highest BCUT2D eigenvalue weighted by Crippen LogP contribution is 2.23. The van der Waals surface area contributed by atoms with E-state index in [2.05, 4.69) is 41.6 Å². The van der Waals surface area contributed by atoms with E-state index in [9.17, 15) is 0 Å². The van der Waals surface area contributed by atoms with Crippen molar-refractivity contribution in [1.82, 2.24) is 9.78 Å². The molecule has 0 saturated heterocycles. The minimum absolute atomic E-state index is 0.364. The molecule has 1 aromatic heterocycles. The van der Waals surface area contributed by atoms with Crippen LogP contribution in [0.1, 0.15) is 36.6 Å². The molecule has 0 aliphatic rings. The second kappa shape index (κ2) is 6.72. The molecule has 0 aliphatic heterocycles. The highest BCUT2D eigenvalue weighted by atomic mass is 32.1. The van der Waals surface area contributed by atoms with E-state index in [1.54, 1.807) is 4.68 Å². The molecule has 0 amide bonds. The molecule has 0 fully saturated rings. The molecular weight excluding hydrogens is 280 g/mol. The van der Waals surface area contributed by atoms with Gasteiger partial charge in [0.05, 0.1) is 11.3 Å². The molecular formula is C16H22N4S. The monoisotopic (exact) mass is 302 g/mol. The van der Waals surface area contributed by atoms with Crippen LogP contribution in [0.5, 0.6) is 0 Å². The summed E-state index contributed by atoms with van der Waals surface area (Å²) < 4.78 is 1.77. The molecule has 0 saturated carbocycles. The number of benzene rings is 1. The summed E-state index contributed by atoms with van der Waals surface area (Å²) in [6.45, 7) is 4.12. The zero-order valence-electron chi connectivity index (χ0n) is 12.8. The van der Waals surface area contributed by atoms with E-state index >= 15 is 0 Å². The summed E-state index contributed by atoms with van der Waals surface area (Å²) in [5.41, 5.74) is 9.82. The molecule has 0 atom stereocenters. The van der Waals surface area contributed by atoms with E-state index in [1.807, 2.05) is 14.0 Å². The third-order valence-corrected chi connectivity index (χ3v) is 3.71. The van der Waals surface area contributed by atoms with Crippen molar-refractivity contribution >= 4 is 28.7 Å². The van der Waals surface area contributed by atoms with E-state index in [4.69, 9.17) is 18.0 Å². The van der Waals surface area contributed by atoms with Gasteiger partial charge in [-0.3, -0.25) is 4.68 Å². The first-order valence-electron chi connectivity index (χ1n) is 7.22. The van der Waals surface area contributed by atoms with Gasteiger partial charge in [-0.1, -0.05) is 37.7 Å². The van der Waals surface area contributed by atoms with Crippen LogP contribution in [0.25, 0.3) is 0 Å². The van der Waals surface area contributed by atoms with Crippen LogP contribution >= 0.6 is 12.2 Å². The molecule has 21 heavy (non-hydrogen) atoms. The summed E-state index contributed by atoms with van der Waals surface area (Å²) in [7, 11) is 1.88. The van der Waals surface area contributed by atoms with Crippen LogP contribution in [0.3, 0.4) is 0 Å². The number of anilines is 2. The van der Waals surface area contributed by atoms with Gasteiger partial charge < -0.3 is 11.1 Å². The van der Waals surface area contributed by atoms with Crippen molar-refractivity contribution in [1.29, 1.82) is 0 Å². The van der Waals surface area contributed by atoms with E-state index in [0.29, 0.717) is 4.99 Å². The SMILES string of the molecule is CCCCc1ccc(Nc2c(C(N)=S)c(C)nn2C)cc1. The average molecular weight is 302 g/mol. The van der Waals surface area contributed by atoms with E-state index in [0.717, 1.165) is 29.2 Å². The van der Waals surface area contributed by atoms with Gasteiger partial charge in [0.1, 0.15) is 10.8 Å². The molecule has 0 unspecified atom stereocenters. The Kier molecular flexibility index (Phi) is 4.96. The number of hydrogen-bond acceptors (Lipinski definition) is 3. The fourth-order valence-electron chi connectivity index (χ4n) is 2.37. The molecule has 2 aromatic rings. The Morgan fingerprint density at radius 3 is 2.57 bits per heavy atom. The van der Waals surface area contributed by atoms with E-state index < -0.39 is 0 Å². The molecule has 4 nitrogen and oxygen atoms in total. The smallest absolute Gasteiger partial charge is 0.138 e. The number of rotatable bonds is 6. The molecule has 112 valence electrons. The van der Waals surface area contributed by atoms with E-state index in [-0.39, 0.29) is 0 Å². The maximum Gasteiger partial charge on any atom is 0.138 e. The van der Waals surface area contributed by atoms with Crippen LogP contribution in [0, 0.1) is 6.92 Å². The van der Waals surface area contributed by atoms with Gasteiger partial charge in [-0.2, -0.15) is 5.10 Å². The second-order valence-corrected chi connectivity index (χ2v) is 5.66. The predicted molar refractivity (Wildman–Crippen MR) is 92.2 cm³/mol. The number of aryl methyl sites for hydroxylation is 3. The first kappa shape index (κ1) is 15.5. The zero-order valence-corrected chi connectivity index (χ0v) is 13.6. The summed E-state index contributed by atoms with van der Waals surface area (Å²) in [6.07, 6.45) is 3.56. The van der Waals surface area contributed by atoms with Crippen LogP contribution in [0.2, 0.25) is 0 Å². The van der Waals surface area contributed by atoms with Gasteiger partial charge in [-0.25, -0.2) is 0 Å². The number of aromatic nitrogens is 2. The van der Waals surface area contributed by atoms with Gasteiger partial charge in [0.15, 0.2) is 0 Å². The number of nitrogens with zero attached hydrogens (tertiary/aromatic N) is 2. The molecule has 1 heterocycles. The second-order valence-electron chi connectivity index (χ2n) is 5.22. The lowest BCUT2D eigenvalue weighted by molar-refractivity contribution is 0.765. The average Bonchev–Trinajstić information content (AvgIpc) is 2.72. The topological polar surface area (TPSA) is 55.9 Å². The lowest BCUT2D eigenvalue weighted by Crippen LogP contribution is -2.12. The summed E-state index contributed by atoms with van der Waals surface area (Å²) in [5, 5.41) is 7.73.